The van der Waals surface area contributed by atoms with Gasteiger partial charge in [0.2, 0.25) is 18.2 Å². The standard InChI is InChI=1S/C27H32N6O3/c1-26(2,28)25(36)32-23(12-17-14-29-21-10-6-4-8-19(17)21)24(35)33-27(3,31-16-34)13-18-15-30-22-11-7-5-9-20(18)22/h4-11,14-16,23,29-30H,12-13,28H2,1-3H3,(H,31,34)(H,32,36)(H,33,35)/t23-,27-/m1/s1. The lowest BCUT2D eigenvalue weighted by atomic mass is 9.98. The monoisotopic (exact) mass is 488 g/mol. The molecule has 4 rings (SSSR count). The fourth-order valence-corrected chi connectivity index (χ4v) is 4.35. The summed E-state index contributed by atoms with van der Waals surface area (Å²) in [6, 6.07) is 14.6. The molecule has 2 aromatic carbocycles. The molecule has 0 radical (unpaired) electrons. The minimum atomic E-state index is -1.17. The van der Waals surface area contributed by atoms with Crippen LogP contribution in [0.5, 0.6) is 0 Å². The second kappa shape index (κ2) is 9.87. The number of carbonyl (C=O) groups is 3. The van der Waals surface area contributed by atoms with Crippen molar-refractivity contribution < 1.29 is 14.4 Å². The smallest absolute Gasteiger partial charge is 0.244 e. The number of rotatable bonds is 10. The van der Waals surface area contributed by atoms with Crippen LogP contribution >= 0.6 is 0 Å². The summed E-state index contributed by atoms with van der Waals surface area (Å²) in [6.45, 7) is 4.90. The van der Waals surface area contributed by atoms with E-state index in [1.54, 1.807) is 20.8 Å². The first-order valence-electron chi connectivity index (χ1n) is 11.8. The number of fused-ring (bicyclic) bond motifs is 2. The quantitative estimate of drug-likeness (QED) is 0.150. The van der Waals surface area contributed by atoms with E-state index in [9.17, 15) is 14.4 Å². The van der Waals surface area contributed by atoms with Crippen LogP contribution in [0, 0.1) is 0 Å². The van der Waals surface area contributed by atoms with Crippen molar-refractivity contribution in [1.29, 1.82) is 0 Å². The predicted molar refractivity (Wildman–Crippen MR) is 140 cm³/mol. The van der Waals surface area contributed by atoms with E-state index in [4.69, 9.17) is 5.73 Å². The van der Waals surface area contributed by atoms with Gasteiger partial charge in [-0.1, -0.05) is 36.4 Å². The van der Waals surface area contributed by atoms with Gasteiger partial charge in [0.15, 0.2) is 0 Å². The topological polar surface area (TPSA) is 145 Å². The van der Waals surface area contributed by atoms with Gasteiger partial charge in [0.05, 0.1) is 5.54 Å². The molecule has 0 aliphatic carbocycles. The Morgan fingerprint density at radius 3 is 2.08 bits per heavy atom. The number of H-pyrrole nitrogens is 2. The van der Waals surface area contributed by atoms with Crippen molar-refractivity contribution in [3.05, 3.63) is 72.1 Å². The Morgan fingerprint density at radius 2 is 1.50 bits per heavy atom. The summed E-state index contributed by atoms with van der Waals surface area (Å²) in [6.07, 6.45) is 4.83. The van der Waals surface area contributed by atoms with Gasteiger partial charge in [-0.05, 0) is 44.0 Å². The van der Waals surface area contributed by atoms with Crippen molar-refractivity contribution in [2.45, 2.75) is 50.9 Å². The molecule has 9 heteroatoms. The van der Waals surface area contributed by atoms with Crippen LogP contribution in [-0.4, -0.2) is 45.4 Å². The maximum Gasteiger partial charge on any atom is 0.244 e. The SMILES string of the molecule is CC(C)(N)C(=O)N[C@H](Cc1c[nH]c2ccccc12)C(=O)N[C@](C)(Cc1c[nH]c2ccccc12)NC=O. The average molecular weight is 489 g/mol. The molecular weight excluding hydrogens is 456 g/mol. The molecule has 2 aromatic heterocycles. The molecule has 9 nitrogen and oxygen atoms in total. The Balaban J connectivity index is 1.61. The van der Waals surface area contributed by atoms with Crippen LogP contribution in [0.1, 0.15) is 31.9 Å². The summed E-state index contributed by atoms with van der Waals surface area (Å²) in [5, 5.41) is 10.5. The number of hydrogen-bond acceptors (Lipinski definition) is 4. The molecule has 0 fully saturated rings. The van der Waals surface area contributed by atoms with Crippen LogP contribution in [0.2, 0.25) is 0 Å². The molecule has 0 saturated heterocycles. The molecule has 0 spiro atoms. The van der Waals surface area contributed by atoms with Gasteiger partial charge in [-0.15, -0.1) is 0 Å². The number of benzene rings is 2. The number of aromatic nitrogens is 2. The zero-order valence-corrected chi connectivity index (χ0v) is 20.6. The fourth-order valence-electron chi connectivity index (χ4n) is 4.35. The third kappa shape index (κ3) is 5.41. The maximum atomic E-state index is 13.6. The Kier molecular flexibility index (Phi) is 6.85. The highest BCUT2D eigenvalue weighted by Gasteiger charge is 2.33. The molecule has 36 heavy (non-hydrogen) atoms. The molecular formula is C27H32N6O3. The minimum Gasteiger partial charge on any atom is -0.361 e. The second-order valence-corrected chi connectivity index (χ2v) is 9.93. The van der Waals surface area contributed by atoms with Crippen molar-refractivity contribution >= 4 is 40.0 Å². The largest absolute Gasteiger partial charge is 0.361 e. The van der Waals surface area contributed by atoms with Crippen molar-refractivity contribution in [2.75, 3.05) is 0 Å². The summed E-state index contributed by atoms with van der Waals surface area (Å²) in [4.78, 5) is 44.3. The number of hydrogen-bond donors (Lipinski definition) is 6. The van der Waals surface area contributed by atoms with E-state index < -0.39 is 29.1 Å². The van der Waals surface area contributed by atoms with Gasteiger partial charge < -0.3 is 31.7 Å². The first kappa shape index (κ1) is 25.0. The molecule has 0 unspecified atom stereocenters. The molecule has 0 saturated carbocycles. The summed E-state index contributed by atoms with van der Waals surface area (Å²) in [7, 11) is 0. The van der Waals surface area contributed by atoms with E-state index in [1.165, 1.54) is 0 Å². The first-order chi connectivity index (χ1) is 17.1. The Bertz CT molecular complexity index is 1400. The molecule has 2 atom stereocenters. The van der Waals surface area contributed by atoms with E-state index in [2.05, 4.69) is 25.9 Å². The number of carbonyl (C=O) groups excluding carboxylic acids is 3. The highest BCUT2D eigenvalue weighted by atomic mass is 16.2. The Hall–Kier alpha value is -4.11. The lowest BCUT2D eigenvalue weighted by Crippen LogP contribution is -2.63. The highest BCUT2D eigenvalue weighted by Crippen LogP contribution is 2.23. The number of aromatic amines is 2. The van der Waals surface area contributed by atoms with E-state index in [0.717, 1.165) is 32.9 Å². The van der Waals surface area contributed by atoms with E-state index in [-0.39, 0.29) is 6.42 Å². The van der Waals surface area contributed by atoms with Crippen LogP contribution in [0.3, 0.4) is 0 Å². The zero-order valence-electron chi connectivity index (χ0n) is 20.6. The molecule has 0 aliphatic heterocycles. The lowest BCUT2D eigenvalue weighted by molar-refractivity contribution is -0.132. The van der Waals surface area contributed by atoms with Crippen LogP contribution in [-0.2, 0) is 27.2 Å². The van der Waals surface area contributed by atoms with Crippen molar-refractivity contribution in [1.82, 2.24) is 25.9 Å². The lowest BCUT2D eigenvalue weighted by Gasteiger charge is -2.33. The van der Waals surface area contributed by atoms with Gasteiger partial charge in [-0.25, -0.2) is 0 Å². The van der Waals surface area contributed by atoms with Gasteiger partial charge in [0, 0.05) is 47.0 Å². The zero-order chi connectivity index (χ0) is 25.9. The summed E-state index contributed by atoms with van der Waals surface area (Å²) in [5.41, 5.74) is 7.42. The maximum absolute atomic E-state index is 13.6. The van der Waals surface area contributed by atoms with Crippen LogP contribution < -0.4 is 21.7 Å². The Labute approximate surface area is 209 Å². The van der Waals surface area contributed by atoms with Gasteiger partial charge in [-0.2, -0.15) is 0 Å². The molecule has 3 amide bonds. The summed E-state index contributed by atoms with van der Waals surface area (Å²) >= 11 is 0. The van der Waals surface area contributed by atoms with E-state index in [0.29, 0.717) is 12.8 Å². The number of amides is 3. The average Bonchev–Trinajstić information content (AvgIpc) is 3.42. The van der Waals surface area contributed by atoms with Gasteiger partial charge in [0.25, 0.3) is 0 Å². The highest BCUT2D eigenvalue weighted by molar-refractivity contribution is 5.93. The number of para-hydroxylation sites is 2. The normalized spacial score (nSPS) is 14.2. The molecule has 4 aromatic rings. The molecule has 188 valence electrons. The molecule has 0 aliphatic rings. The van der Waals surface area contributed by atoms with E-state index >= 15 is 0 Å². The van der Waals surface area contributed by atoms with Crippen LogP contribution in [0.4, 0.5) is 0 Å². The van der Waals surface area contributed by atoms with Crippen LogP contribution in [0.15, 0.2) is 60.9 Å². The summed E-state index contributed by atoms with van der Waals surface area (Å²) < 4.78 is 0. The van der Waals surface area contributed by atoms with Crippen molar-refractivity contribution in [3.8, 4) is 0 Å². The first-order valence-corrected chi connectivity index (χ1v) is 11.8. The predicted octanol–water partition coefficient (Wildman–Crippen LogP) is 2.23. The van der Waals surface area contributed by atoms with E-state index in [1.807, 2.05) is 60.9 Å². The number of nitrogens with two attached hydrogens (primary N) is 1. The van der Waals surface area contributed by atoms with Gasteiger partial charge >= 0.3 is 0 Å². The molecule has 7 N–H and O–H groups in total. The van der Waals surface area contributed by atoms with Gasteiger partial charge in [-0.3, -0.25) is 14.4 Å². The Morgan fingerprint density at radius 1 is 0.944 bits per heavy atom. The minimum absolute atomic E-state index is 0.238. The fraction of sp³-hybridized carbons (Fsp3) is 0.296. The number of nitrogens with one attached hydrogen (secondary N) is 5. The molecule has 2 heterocycles. The summed E-state index contributed by atoms with van der Waals surface area (Å²) in [5.74, 6) is -0.890. The van der Waals surface area contributed by atoms with Gasteiger partial charge in [0.1, 0.15) is 11.7 Å². The van der Waals surface area contributed by atoms with Crippen molar-refractivity contribution in [3.63, 3.8) is 0 Å². The third-order valence-corrected chi connectivity index (χ3v) is 6.30. The van der Waals surface area contributed by atoms with Crippen molar-refractivity contribution in [2.24, 2.45) is 5.73 Å². The molecule has 0 bridgehead atoms. The van der Waals surface area contributed by atoms with Crippen LogP contribution in [0.25, 0.3) is 21.8 Å². The third-order valence-electron chi connectivity index (χ3n) is 6.30. The second-order valence-electron chi connectivity index (χ2n) is 9.93.